The third kappa shape index (κ3) is 2.99. The van der Waals surface area contributed by atoms with E-state index >= 15 is 0 Å². The first kappa shape index (κ1) is 14.1. The molecule has 0 spiro atoms. The molecule has 9 heteroatoms. The molecule has 106 valence electrons. The highest BCUT2D eigenvalue weighted by Gasteiger charge is 2.26. The molecule has 1 aliphatic rings. The standard InChI is InChI=1S/C11H7F2NO5S/c12-8-3-1-2-7(11(8)19-20(13,17)18)6-14-9(15)4-5-10(14)16/h1-5H,6H2. The van der Waals surface area contributed by atoms with Crippen LogP contribution in [0.15, 0.2) is 30.4 Å². The van der Waals surface area contributed by atoms with Gasteiger partial charge < -0.3 is 4.18 Å². The summed E-state index contributed by atoms with van der Waals surface area (Å²) in [5.74, 6) is -3.31. The van der Waals surface area contributed by atoms with Crippen molar-refractivity contribution in [1.29, 1.82) is 0 Å². The van der Waals surface area contributed by atoms with E-state index in [1.54, 1.807) is 0 Å². The first-order chi connectivity index (χ1) is 9.28. The predicted octanol–water partition coefficient (Wildman–Crippen LogP) is 0.844. The Labute approximate surface area is 112 Å². The van der Waals surface area contributed by atoms with E-state index in [1.165, 1.54) is 12.1 Å². The first-order valence-corrected chi connectivity index (χ1v) is 6.54. The Bertz CT molecular complexity index is 696. The Hall–Kier alpha value is -2.29. The van der Waals surface area contributed by atoms with Crippen molar-refractivity contribution in [2.75, 3.05) is 0 Å². The SMILES string of the molecule is O=C1C=CC(=O)N1Cc1cccc(F)c1OS(=O)(=O)F. The largest absolute Gasteiger partial charge is 0.488 e. The van der Waals surface area contributed by atoms with E-state index in [0.717, 1.165) is 23.1 Å². The first-order valence-electron chi connectivity index (χ1n) is 5.23. The Balaban J connectivity index is 2.35. The number of halogens is 2. The van der Waals surface area contributed by atoms with Crippen LogP contribution >= 0.6 is 0 Å². The van der Waals surface area contributed by atoms with Crippen molar-refractivity contribution in [3.8, 4) is 5.75 Å². The van der Waals surface area contributed by atoms with Crippen molar-refractivity contribution in [3.63, 3.8) is 0 Å². The van der Waals surface area contributed by atoms with Gasteiger partial charge in [0.1, 0.15) is 0 Å². The number of rotatable bonds is 4. The summed E-state index contributed by atoms with van der Waals surface area (Å²) in [5.41, 5.74) is -0.156. The molecule has 0 radical (unpaired) electrons. The molecule has 0 aromatic heterocycles. The molecule has 6 nitrogen and oxygen atoms in total. The third-order valence-corrected chi connectivity index (χ3v) is 2.83. The molecule has 0 N–H and O–H groups in total. The Kier molecular flexibility index (Phi) is 3.53. The molecular formula is C11H7F2NO5S. The fraction of sp³-hybridized carbons (Fsp3) is 0.0909. The highest BCUT2D eigenvalue weighted by atomic mass is 32.3. The normalized spacial score (nSPS) is 15.0. The summed E-state index contributed by atoms with van der Waals surface area (Å²) < 4.78 is 50.8. The number of hydrogen-bond donors (Lipinski definition) is 0. The molecule has 1 heterocycles. The van der Waals surface area contributed by atoms with Gasteiger partial charge in [-0.2, -0.15) is 8.42 Å². The number of para-hydroxylation sites is 1. The zero-order valence-corrected chi connectivity index (χ0v) is 10.6. The van der Waals surface area contributed by atoms with E-state index in [-0.39, 0.29) is 5.56 Å². The van der Waals surface area contributed by atoms with Gasteiger partial charge in [-0.05, 0) is 6.07 Å². The number of imide groups is 1. The lowest BCUT2D eigenvalue weighted by atomic mass is 10.2. The summed E-state index contributed by atoms with van der Waals surface area (Å²) in [4.78, 5) is 23.5. The fourth-order valence-electron chi connectivity index (χ4n) is 1.63. The molecule has 1 aromatic carbocycles. The second-order valence-electron chi connectivity index (χ2n) is 3.80. The Morgan fingerprint density at radius 3 is 2.30 bits per heavy atom. The summed E-state index contributed by atoms with van der Waals surface area (Å²) in [6.07, 6.45) is 2.02. The second-order valence-corrected chi connectivity index (χ2v) is 4.75. The predicted molar refractivity (Wildman–Crippen MR) is 61.8 cm³/mol. The maximum absolute atomic E-state index is 13.5. The molecule has 0 fully saturated rings. The third-order valence-electron chi connectivity index (χ3n) is 2.46. The topological polar surface area (TPSA) is 80.8 Å². The maximum Gasteiger partial charge on any atom is 0.488 e. The summed E-state index contributed by atoms with van der Waals surface area (Å²) in [6, 6.07) is 3.28. The number of nitrogens with zero attached hydrogens (tertiary/aromatic N) is 1. The number of benzene rings is 1. The minimum atomic E-state index is -5.43. The Morgan fingerprint density at radius 2 is 1.75 bits per heavy atom. The number of hydrogen-bond acceptors (Lipinski definition) is 5. The zero-order valence-electron chi connectivity index (χ0n) is 9.75. The van der Waals surface area contributed by atoms with Crippen LogP contribution in [0.2, 0.25) is 0 Å². The van der Waals surface area contributed by atoms with Crippen LogP contribution in [-0.4, -0.2) is 25.1 Å². The van der Waals surface area contributed by atoms with Crippen LogP contribution in [0.4, 0.5) is 8.28 Å². The fourth-order valence-corrected chi connectivity index (χ4v) is 2.01. The van der Waals surface area contributed by atoms with E-state index in [4.69, 9.17) is 0 Å². The van der Waals surface area contributed by atoms with Gasteiger partial charge >= 0.3 is 10.5 Å². The molecular weight excluding hydrogens is 296 g/mol. The van der Waals surface area contributed by atoms with Crippen LogP contribution in [0.25, 0.3) is 0 Å². The van der Waals surface area contributed by atoms with E-state index in [9.17, 15) is 26.3 Å². The summed E-state index contributed by atoms with van der Waals surface area (Å²) in [6.45, 7) is -0.437. The van der Waals surface area contributed by atoms with Gasteiger partial charge in [-0.1, -0.05) is 16.0 Å². The van der Waals surface area contributed by atoms with Gasteiger partial charge in [-0.3, -0.25) is 14.5 Å². The molecule has 2 amide bonds. The number of amides is 2. The van der Waals surface area contributed by atoms with Crippen molar-refractivity contribution in [1.82, 2.24) is 4.90 Å². The van der Waals surface area contributed by atoms with Crippen LogP contribution in [-0.2, 0) is 26.6 Å². The molecule has 0 aliphatic carbocycles. The zero-order chi connectivity index (χ0) is 14.9. The molecule has 1 aliphatic heterocycles. The lowest BCUT2D eigenvalue weighted by Gasteiger charge is -2.16. The monoisotopic (exact) mass is 303 g/mol. The van der Waals surface area contributed by atoms with E-state index in [0.29, 0.717) is 0 Å². The van der Waals surface area contributed by atoms with Gasteiger partial charge in [0.05, 0.1) is 6.54 Å². The molecule has 0 atom stereocenters. The van der Waals surface area contributed by atoms with E-state index in [1.807, 2.05) is 0 Å². The smallest absolute Gasteiger partial charge is 0.355 e. The van der Waals surface area contributed by atoms with Crippen LogP contribution in [0.1, 0.15) is 5.56 Å². The van der Waals surface area contributed by atoms with Crippen LogP contribution in [0.5, 0.6) is 5.75 Å². The summed E-state index contributed by atoms with van der Waals surface area (Å²) in [5, 5.41) is 0. The molecule has 20 heavy (non-hydrogen) atoms. The highest BCUT2D eigenvalue weighted by molar-refractivity contribution is 7.81. The van der Waals surface area contributed by atoms with Crippen molar-refractivity contribution in [2.45, 2.75) is 6.54 Å². The van der Waals surface area contributed by atoms with Gasteiger partial charge in [-0.25, -0.2) is 4.39 Å². The van der Waals surface area contributed by atoms with Gasteiger partial charge in [0, 0.05) is 17.7 Å². The Morgan fingerprint density at radius 1 is 1.15 bits per heavy atom. The molecule has 0 saturated heterocycles. The summed E-state index contributed by atoms with van der Waals surface area (Å²) in [7, 11) is -5.43. The van der Waals surface area contributed by atoms with Gasteiger partial charge in [0.2, 0.25) is 0 Å². The minimum absolute atomic E-state index is 0.156. The molecule has 1 aromatic rings. The number of carbonyl (C=O) groups is 2. The quantitative estimate of drug-likeness (QED) is 0.608. The number of carbonyl (C=O) groups excluding carboxylic acids is 2. The summed E-state index contributed by atoms with van der Waals surface area (Å²) >= 11 is 0. The van der Waals surface area contributed by atoms with Crippen LogP contribution in [0, 0.1) is 5.82 Å². The van der Waals surface area contributed by atoms with Crippen molar-refractivity contribution in [3.05, 3.63) is 41.7 Å². The van der Waals surface area contributed by atoms with Crippen molar-refractivity contribution in [2.24, 2.45) is 0 Å². The maximum atomic E-state index is 13.5. The average molecular weight is 303 g/mol. The van der Waals surface area contributed by atoms with Crippen LogP contribution in [0.3, 0.4) is 0 Å². The van der Waals surface area contributed by atoms with E-state index in [2.05, 4.69) is 4.18 Å². The lowest BCUT2D eigenvalue weighted by Crippen LogP contribution is -2.29. The average Bonchev–Trinajstić information content (AvgIpc) is 2.64. The van der Waals surface area contributed by atoms with Gasteiger partial charge in [0.15, 0.2) is 11.6 Å². The van der Waals surface area contributed by atoms with Crippen molar-refractivity contribution >= 4 is 22.3 Å². The second kappa shape index (κ2) is 5.00. The van der Waals surface area contributed by atoms with Gasteiger partial charge in [-0.15, -0.1) is 0 Å². The van der Waals surface area contributed by atoms with Crippen molar-refractivity contribution < 1.29 is 30.5 Å². The minimum Gasteiger partial charge on any atom is -0.355 e. The highest BCUT2D eigenvalue weighted by Crippen LogP contribution is 2.26. The molecule has 2 rings (SSSR count). The molecule has 0 bridgehead atoms. The molecule has 0 saturated carbocycles. The van der Waals surface area contributed by atoms with Gasteiger partial charge in [0.25, 0.3) is 11.8 Å². The van der Waals surface area contributed by atoms with E-state index < -0.39 is 40.4 Å². The molecule has 0 unspecified atom stereocenters. The van der Waals surface area contributed by atoms with Crippen LogP contribution < -0.4 is 4.18 Å². The lowest BCUT2D eigenvalue weighted by molar-refractivity contribution is -0.137.